The van der Waals surface area contributed by atoms with E-state index in [1.165, 1.54) is 13.2 Å². The molecule has 2 unspecified atom stereocenters. The molecule has 0 saturated carbocycles. The Morgan fingerprint density at radius 2 is 1.95 bits per heavy atom. The topological polar surface area (TPSA) is 41.5 Å². The molecule has 2 atom stereocenters. The van der Waals surface area contributed by atoms with Gasteiger partial charge in [-0.2, -0.15) is 13.2 Å². The van der Waals surface area contributed by atoms with E-state index in [0.29, 0.717) is 12.1 Å². The molecular formula is C15H22F3NO2. The van der Waals surface area contributed by atoms with Gasteiger partial charge in [0.05, 0.1) is 24.3 Å². The number of aliphatic hydroxyl groups excluding tert-OH is 1. The van der Waals surface area contributed by atoms with Crippen LogP contribution in [0.3, 0.4) is 0 Å². The van der Waals surface area contributed by atoms with Gasteiger partial charge >= 0.3 is 6.18 Å². The number of benzene rings is 1. The van der Waals surface area contributed by atoms with Crippen LogP contribution >= 0.6 is 0 Å². The molecule has 0 amide bonds. The Morgan fingerprint density at radius 3 is 2.48 bits per heavy atom. The van der Waals surface area contributed by atoms with Gasteiger partial charge in [-0.25, -0.2) is 0 Å². The number of alkyl halides is 3. The molecule has 120 valence electrons. The SMILES string of the molecule is COCC(NCC(O)C(C)C)c1cccc(C(F)(F)F)c1. The average Bonchev–Trinajstić information content (AvgIpc) is 2.42. The molecule has 2 N–H and O–H groups in total. The molecular weight excluding hydrogens is 283 g/mol. The van der Waals surface area contributed by atoms with Gasteiger partial charge in [-0.1, -0.05) is 26.0 Å². The van der Waals surface area contributed by atoms with Gasteiger partial charge in [0.15, 0.2) is 0 Å². The van der Waals surface area contributed by atoms with E-state index < -0.39 is 23.9 Å². The standard InChI is InChI=1S/C15H22F3NO2/c1-10(2)14(20)8-19-13(9-21-3)11-5-4-6-12(7-11)15(16,17)18/h4-7,10,13-14,19-20H,8-9H2,1-3H3. The zero-order chi connectivity index (χ0) is 16.0. The van der Waals surface area contributed by atoms with Gasteiger partial charge in [0.2, 0.25) is 0 Å². The van der Waals surface area contributed by atoms with E-state index in [1.54, 1.807) is 6.07 Å². The van der Waals surface area contributed by atoms with Crippen molar-refractivity contribution in [1.82, 2.24) is 5.32 Å². The Hall–Kier alpha value is -1.11. The maximum Gasteiger partial charge on any atom is 0.416 e. The zero-order valence-corrected chi connectivity index (χ0v) is 12.4. The smallest absolute Gasteiger partial charge is 0.392 e. The van der Waals surface area contributed by atoms with Crippen molar-refractivity contribution in [2.75, 3.05) is 20.3 Å². The summed E-state index contributed by atoms with van der Waals surface area (Å²) in [6.07, 6.45) is -4.93. The van der Waals surface area contributed by atoms with Crippen LogP contribution in [0.2, 0.25) is 0 Å². The summed E-state index contributed by atoms with van der Waals surface area (Å²) in [5.41, 5.74) is -0.199. The molecule has 1 aromatic carbocycles. The molecule has 21 heavy (non-hydrogen) atoms. The summed E-state index contributed by atoms with van der Waals surface area (Å²) in [6, 6.07) is 4.75. The fourth-order valence-electron chi connectivity index (χ4n) is 1.87. The fourth-order valence-corrected chi connectivity index (χ4v) is 1.87. The van der Waals surface area contributed by atoms with Crippen LogP contribution in [0, 0.1) is 5.92 Å². The van der Waals surface area contributed by atoms with E-state index in [4.69, 9.17) is 4.74 Å². The minimum atomic E-state index is -4.37. The Labute approximate surface area is 123 Å². The monoisotopic (exact) mass is 305 g/mol. The van der Waals surface area contributed by atoms with E-state index in [-0.39, 0.29) is 12.5 Å². The van der Waals surface area contributed by atoms with Gasteiger partial charge in [-0.15, -0.1) is 0 Å². The van der Waals surface area contributed by atoms with Crippen molar-refractivity contribution < 1.29 is 23.0 Å². The van der Waals surface area contributed by atoms with Gasteiger partial charge in [-0.3, -0.25) is 0 Å². The number of nitrogens with one attached hydrogen (secondary N) is 1. The van der Waals surface area contributed by atoms with Crippen LogP contribution in [-0.4, -0.2) is 31.5 Å². The van der Waals surface area contributed by atoms with Gasteiger partial charge in [-0.05, 0) is 23.6 Å². The fraction of sp³-hybridized carbons (Fsp3) is 0.600. The molecule has 0 fully saturated rings. The molecule has 0 heterocycles. The molecule has 0 aromatic heterocycles. The molecule has 0 aliphatic carbocycles. The first-order valence-electron chi connectivity index (χ1n) is 6.83. The van der Waals surface area contributed by atoms with E-state index in [1.807, 2.05) is 13.8 Å². The largest absolute Gasteiger partial charge is 0.416 e. The first-order valence-corrected chi connectivity index (χ1v) is 6.83. The first kappa shape index (κ1) is 17.9. The third kappa shape index (κ3) is 5.65. The molecule has 0 radical (unpaired) electrons. The normalized spacial score (nSPS) is 15.2. The van der Waals surface area contributed by atoms with E-state index >= 15 is 0 Å². The Morgan fingerprint density at radius 1 is 1.29 bits per heavy atom. The van der Waals surface area contributed by atoms with Gasteiger partial charge < -0.3 is 15.2 Å². The molecule has 6 heteroatoms. The number of hydrogen-bond acceptors (Lipinski definition) is 3. The predicted molar refractivity (Wildman–Crippen MR) is 74.9 cm³/mol. The highest BCUT2D eigenvalue weighted by molar-refractivity contribution is 5.28. The summed E-state index contributed by atoms with van der Waals surface area (Å²) in [5.74, 6) is 0.0715. The summed E-state index contributed by atoms with van der Waals surface area (Å²) in [6.45, 7) is 4.28. The van der Waals surface area contributed by atoms with E-state index in [2.05, 4.69) is 5.32 Å². The second-order valence-electron chi connectivity index (χ2n) is 5.35. The lowest BCUT2D eigenvalue weighted by molar-refractivity contribution is -0.137. The minimum absolute atomic E-state index is 0.0715. The predicted octanol–water partition coefficient (Wildman–Crippen LogP) is 3.00. The van der Waals surface area contributed by atoms with Gasteiger partial charge in [0.25, 0.3) is 0 Å². The zero-order valence-electron chi connectivity index (χ0n) is 12.4. The maximum absolute atomic E-state index is 12.7. The van der Waals surface area contributed by atoms with E-state index in [9.17, 15) is 18.3 Å². The second-order valence-corrected chi connectivity index (χ2v) is 5.35. The van der Waals surface area contributed by atoms with Crippen LogP contribution in [0.1, 0.15) is 31.0 Å². The number of halogens is 3. The maximum atomic E-state index is 12.7. The Bertz CT molecular complexity index is 435. The quantitative estimate of drug-likeness (QED) is 0.814. The molecule has 0 aliphatic heterocycles. The summed E-state index contributed by atoms with van der Waals surface area (Å²) in [4.78, 5) is 0. The van der Waals surface area contributed by atoms with Crippen LogP contribution in [0.4, 0.5) is 13.2 Å². The molecule has 1 aromatic rings. The van der Waals surface area contributed by atoms with Crippen molar-refractivity contribution in [2.24, 2.45) is 5.92 Å². The van der Waals surface area contributed by atoms with Crippen LogP contribution in [0.15, 0.2) is 24.3 Å². The number of ether oxygens (including phenoxy) is 1. The lowest BCUT2D eigenvalue weighted by atomic mass is 10.0. The van der Waals surface area contributed by atoms with Crippen LogP contribution < -0.4 is 5.32 Å². The van der Waals surface area contributed by atoms with Gasteiger partial charge in [0.1, 0.15) is 0 Å². The van der Waals surface area contributed by atoms with Crippen LogP contribution in [-0.2, 0) is 10.9 Å². The number of aliphatic hydroxyl groups is 1. The Balaban J connectivity index is 2.85. The third-order valence-electron chi connectivity index (χ3n) is 3.29. The lowest BCUT2D eigenvalue weighted by Gasteiger charge is -2.23. The molecule has 0 aliphatic rings. The Kier molecular flexibility index (Phi) is 6.64. The number of rotatable bonds is 7. The number of methoxy groups -OCH3 is 1. The summed E-state index contributed by atoms with van der Waals surface area (Å²) in [7, 11) is 1.49. The second kappa shape index (κ2) is 7.77. The van der Waals surface area contributed by atoms with Crippen molar-refractivity contribution in [3.05, 3.63) is 35.4 Å². The van der Waals surface area contributed by atoms with Crippen molar-refractivity contribution in [3.8, 4) is 0 Å². The van der Waals surface area contributed by atoms with E-state index in [0.717, 1.165) is 12.1 Å². The minimum Gasteiger partial charge on any atom is -0.392 e. The lowest BCUT2D eigenvalue weighted by Crippen LogP contribution is -2.35. The highest BCUT2D eigenvalue weighted by atomic mass is 19.4. The molecule has 0 bridgehead atoms. The third-order valence-corrected chi connectivity index (χ3v) is 3.29. The molecule has 0 spiro atoms. The summed E-state index contributed by atoms with van der Waals surface area (Å²) < 4.78 is 43.3. The highest BCUT2D eigenvalue weighted by Crippen LogP contribution is 2.30. The van der Waals surface area contributed by atoms with Crippen molar-refractivity contribution in [1.29, 1.82) is 0 Å². The number of hydrogen-bond donors (Lipinski definition) is 2. The summed E-state index contributed by atoms with van der Waals surface area (Å²) in [5, 5.41) is 12.8. The molecule has 3 nitrogen and oxygen atoms in total. The molecule has 0 saturated heterocycles. The van der Waals surface area contributed by atoms with Crippen molar-refractivity contribution in [2.45, 2.75) is 32.2 Å². The molecule has 1 rings (SSSR count). The van der Waals surface area contributed by atoms with Crippen LogP contribution in [0.25, 0.3) is 0 Å². The highest BCUT2D eigenvalue weighted by Gasteiger charge is 2.31. The van der Waals surface area contributed by atoms with Crippen molar-refractivity contribution in [3.63, 3.8) is 0 Å². The van der Waals surface area contributed by atoms with Crippen molar-refractivity contribution >= 4 is 0 Å². The average molecular weight is 305 g/mol. The van der Waals surface area contributed by atoms with Gasteiger partial charge in [0, 0.05) is 13.7 Å². The van der Waals surface area contributed by atoms with Crippen LogP contribution in [0.5, 0.6) is 0 Å². The summed E-state index contributed by atoms with van der Waals surface area (Å²) >= 11 is 0. The first-order chi connectivity index (χ1) is 9.75.